The molecule has 56 valence electrons. The van der Waals surface area contributed by atoms with Crippen LogP contribution in [0.5, 0.6) is 0 Å². The number of hydrogen-bond donors (Lipinski definition) is 1. The largest absolute Gasteiger partial charge is 0.446 e. The van der Waals surface area contributed by atoms with E-state index in [1.165, 1.54) is 0 Å². The molecule has 0 fully saturated rings. The third kappa shape index (κ3) is 1.84. The van der Waals surface area contributed by atoms with Gasteiger partial charge in [-0.3, -0.25) is 0 Å². The molecule has 0 aliphatic rings. The zero-order valence-corrected chi connectivity index (χ0v) is 6.13. The summed E-state index contributed by atoms with van der Waals surface area (Å²) >= 11 is 0. The Hall–Kier alpha value is -0.830. The van der Waals surface area contributed by atoms with Gasteiger partial charge in [0, 0.05) is 13.3 Å². The Labute approximate surface area is 60.2 Å². The molecular formula is C7H12N2O. The van der Waals surface area contributed by atoms with Gasteiger partial charge in [0.05, 0.1) is 6.20 Å². The first-order valence-electron chi connectivity index (χ1n) is 3.44. The first-order chi connectivity index (χ1) is 4.83. The van der Waals surface area contributed by atoms with Gasteiger partial charge in [-0.05, 0) is 13.0 Å². The molecule has 0 saturated heterocycles. The second-order valence-corrected chi connectivity index (χ2v) is 2.24. The number of nitrogens with two attached hydrogens (primary N) is 1. The molecule has 2 N–H and O–H groups in total. The first-order valence-corrected chi connectivity index (χ1v) is 3.44. The Morgan fingerprint density at radius 2 is 2.50 bits per heavy atom. The maximum atomic E-state index is 5.32. The summed E-state index contributed by atoms with van der Waals surface area (Å²) < 4.78 is 5.22. The molecule has 0 aromatic carbocycles. The van der Waals surface area contributed by atoms with Crippen LogP contribution in [0, 0.1) is 6.92 Å². The molecule has 1 heterocycles. The molecule has 1 rings (SSSR count). The lowest BCUT2D eigenvalue weighted by atomic mass is 10.3. The molecule has 0 saturated carbocycles. The minimum absolute atomic E-state index is 0.708. The molecule has 0 bridgehead atoms. The molecule has 0 spiro atoms. The highest BCUT2D eigenvalue weighted by atomic mass is 16.3. The molecule has 1 aromatic heterocycles. The Balaban J connectivity index is 2.42. The molecular weight excluding hydrogens is 128 g/mol. The molecule has 0 aliphatic carbocycles. The molecule has 0 radical (unpaired) electrons. The van der Waals surface area contributed by atoms with Crippen LogP contribution in [0.2, 0.25) is 0 Å². The second-order valence-electron chi connectivity index (χ2n) is 2.24. The predicted molar refractivity (Wildman–Crippen MR) is 38.6 cm³/mol. The van der Waals surface area contributed by atoms with E-state index in [-0.39, 0.29) is 0 Å². The zero-order valence-electron chi connectivity index (χ0n) is 6.13. The van der Waals surface area contributed by atoms with Gasteiger partial charge in [0.2, 0.25) is 0 Å². The van der Waals surface area contributed by atoms with Gasteiger partial charge in [0.25, 0.3) is 0 Å². The molecule has 0 unspecified atom stereocenters. The number of nitrogens with zero attached hydrogens (tertiary/aromatic N) is 1. The molecule has 3 nitrogen and oxygen atoms in total. The third-order valence-corrected chi connectivity index (χ3v) is 1.30. The standard InChI is InChI=1S/C7H12N2O/c1-6-9-5-7(10-6)3-2-4-8/h5H,2-4,8H2,1H3. The van der Waals surface area contributed by atoms with E-state index >= 15 is 0 Å². The number of oxazole rings is 1. The van der Waals surface area contributed by atoms with Gasteiger partial charge in [-0.25, -0.2) is 4.98 Å². The van der Waals surface area contributed by atoms with Gasteiger partial charge < -0.3 is 10.2 Å². The van der Waals surface area contributed by atoms with Crippen LogP contribution in [-0.2, 0) is 6.42 Å². The van der Waals surface area contributed by atoms with Gasteiger partial charge in [-0.1, -0.05) is 0 Å². The highest BCUT2D eigenvalue weighted by molar-refractivity contribution is 4.92. The predicted octanol–water partition coefficient (Wildman–Crippen LogP) is 0.874. The van der Waals surface area contributed by atoms with E-state index in [4.69, 9.17) is 10.2 Å². The van der Waals surface area contributed by atoms with Gasteiger partial charge in [0.15, 0.2) is 5.89 Å². The van der Waals surface area contributed by atoms with Gasteiger partial charge in [-0.2, -0.15) is 0 Å². The van der Waals surface area contributed by atoms with Crippen LogP contribution in [0.25, 0.3) is 0 Å². The van der Waals surface area contributed by atoms with Crippen LogP contribution in [-0.4, -0.2) is 11.5 Å². The van der Waals surface area contributed by atoms with Crippen LogP contribution < -0.4 is 5.73 Å². The Morgan fingerprint density at radius 3 is 3.00 bits per heavy atom. The summed E-state index contributed by atoms with van der Waals surface area (Å²) in [6.07, 6.45) is 3.62. The number of rotatable bonds is 3. The second kappa shape index (κ2) is 3.37. The van der Waals surface area contributed by atoms with Crippen molar-refractivity contribution in [3.63, 3.8) is 0 Å². The Bertz CT molecular complexity index is 195. The molecule has 3 heteroatoms. The van der Waals surface area contributed by atoms with Gasteiger partial charge >= 0.3 is 0 Å². The normalized spacial score (nSPS) is 10.2. The van der Waals surface area contributed by atoms with Crippen molar-refractivity contribution in [2.75, 3.05) is 6.54 Å². The minimum Gasteiger partial charge on any atom is -0.446 e. The van der Waals surface area contributed by atoms with Crippen molar-refractivity contribution in [1.29, 1.82) is 0 Å². The number of aromatic nitrogens is 1. The van der Waals surface area contributed by atoms with Crippen molar-refractivity contribution in [2.45, 2.75) is 19.8 Å². The topological polar surface area (TPSA) is 52.0 Å². The average molecular weight is 140 g/mol. The third-order valence-electron chi connectivity index (χ3n) is 1.30. The van der Waals surface area contributed by atoms with Crippen molar-refractivity contribution >= 4 is 0 Å². The van der Waals surface area contributed by atoms with Crippen molar-refractivity contribution in [3.05, 3.63) is 17.8 Å². The van der Waals surface area contributed by atoms with Crippen LogP contribution in [0.3, 0.4) is 0 Å². The molecule has 0 amide bonds. The molecule has 10 heavy (non-hydrogen) atoms. The van der Waals surface area contributed by atoms with Crippen LogP contribution in [0.1, 0.15) is 18.1 Å². The van der Waals surface area contributed by atoms with E-state index in [9.17, 15) is 0 Å². The zero-order chi connectivity index (χ0) is 7.40. The van der Waals surface area contributed by atoms with Crippen LogP contribution in [0.4, 0.5) is 0 Å². The Kier molecular flexibility index (Phi) is 2.45. The van der Waals surface area contributed by atoms with Crippen LogP contribution >= 0.6 is 0 Å². The fourth-order valence-electron chi connectivity index (χ4n) is 0.797. The van der Waals surface area contributed by atoms with Crippen molar-refractivity contribution in [3.8, 4) is 0 Å². The highest BCUT2D eigenvalue weighted by Gasteiger charge is 1.97. The monoisotopic (exact) mass is 140 g/mol. The summed E-state index contributed by atoms with van der Waals surface area (Å²) in [4.78, 5) is 3.96. The van der Waals surface area contributed by atoms with E-state index in [0.29, 0.717) is 6.54 Å². The quantitative estimate of drug-likeness (QED) is 0.677. The minimum atomic E-state index is 0.708. The lowest BCUT2D eigenvalue weighted by molar-refractivity contribution is 0.470. The molecule has 1 aromatic rings. The lowest BCUT2D eigenvalue weighted by Gasteiger charge is -1.90. The Morgan fingerprint density at radius 1 is 1.70 bits per heavy atom. The van der Waals surface area contributed by atoms with Crippen molar-refractivity contribution < 1.29 is 4.42 Å². The average Bonchev–Trinajstić information content (AvgIpc) is 2.31. The fourth-order valence-corrected chi connectivity index (χ4v) is 0.797. The summed E-state index contributed by atoms with van der Waals surface area (Å²) in [6, 6.07) is 0. The van der Waals surface area contributed by atoms with E-state index in [1.54, 1.807) is 6.20 Å². The smallest absolute Gasteiger partial charge is 0.191 e. The maximum absolute atomic E-state index is 5.32. The molecule has 0 atom stereocenters. The maximum Gasteiger partial charge on any atom is 0.191 e. The first kappa shape index (κ1) is 7.28. The molecule has 0 aliphatic heterocycles. The van der Waals surface area contributed by atoms with E-state index in [2.05, 4.69) is 4.98 Å². The summed E-state index contributed by atoms with van der Waals surface area (Å²) in [6.45, 7) is 2.55. The van der Waals surface area contributed by atoms with Crippen molar-refractivity contribution in [2.24, 2.45) is 5.73 Å². The number of hydrogen-bond acceptors (Lipinski definition) is 3. The van der Waals surface area contributed by atoms with Crippen LogP contribution in [0.15, 0.2) is 10.6 Å². The van der Waals surface area contributed by atoms with Gasteiger partial charge in [0.1, 0.15) is 5.76 Å². The summed E-state index contributed by atoms with van der Waals surface area (Å²) in [5.74, 6) is 1.66. The van der Waals surface area contributed by atoms with E-state index in [0.717, 1.165) is 24.5 Å². The highest BCUT2D eigenvalue weighted by Crippen LogP contribution is 2.03. The summed E-state index contributed by atoms with van der Waals surface area (Å²) in [7, 11) is 0. The fraction of sp³-hybridized carbons (Fsp3) is 0.571. The van der Waals surface area contributed by atoms with E-state index in [1.807, 2.05) is 6.92 Å². The summed E-state index contributed by atoms with van der Waals surface area (Å²) in [5, 5.41) is 0. The van der Waals surface area contributed by atoms with Crippen molar-refractivity contribution in [1.82, 2.24) is 4.98 Å². The van der Waals surface area contributed by atoms with Gasteiger partial charge in [-0.15, -0.1) is 0 Å². The van der Waals surface area contributed by atoms with E-state index < -0.39 is 0 Å². The number of aryl methyl sites for hydroxylation is 2. The lowest BCUT2D eigenvalue weighted by Crippen LogP contribution is -1.99. The SMILES string of the molecule is Cc1ncc(CCCN)o1. The summed E-state index contributed by atoms with van der Waals surface area (Å²) in [5.41, 5.74) is 5.32.